The lowest BCUT2D eigenvalue weighted by Crippen LogP contribution is -2.12. The average Bonchev–Trinajstić information content (AvgIpc) is 2.12. The third kappa shape index (κ3) is 1.89. The van der Waals surface area contributed by atoms with E-state index in [-0.39, 0.29) is 5.43 Å². The second-order valence-corrected chi connectivity index (χ2v) is 2.94. The zero-order valence-corrected chi connectivity index (χ0v) is 8.26. The van der Waals surface area contributed by atoms with Crippen molar-refractivity contribution in [2.75, 3.05) is 0 Å². The topological polar surface area (TPSA) is 30.2 Å². The van der Waals surface area contributed by atoms with Crippen molar-refractivity contribution in [3.8, 4) is 0 Å². The van der Waals surface area contributed by atoms with E-state index in [2.05, 4.69) is 0 Å². The molecule has 0 aliphatic carbocycles. The number of hydrogen-bond acceptors (Lipinski definition) is 2. The van der Waals surface area contributed by atoms with Crippen molar-refractivity contribution < 1.29 is 4.42 Å². The molecule has 0 aliphatic heterocycles. The molecule has 70 valence electrons. The Kier molecular flexibility index (Phi) is 3.07. The van der Waals surface area contributed by atoms with Gasteiger partial charge in [-0.2, -0.15) is 0 Å². The Hall–Kier alpha value is -1.31. The molecule has 0 bridgehead atoms. The first-order valence-electron chi connectivity index (χ1n) is 4.44. The summed E-state index contributed by atoms with van der Waals surface area (Å²) in [6.07, 6.45) is 5.91. The minimum absolute atomic E-state index is 0.0989. The molecule has 13 heavy (non-hydrogen) atoms. The first-order chi connectivity index (χ1) is 6.20. The Morgan fingerprint density at radius 2 is 2.23 bits per heavy atom. The number of rotatable bonds is 2. The van der Waals surface area contributed by atoms with Crippen LogP contribution in [0.2, 0.25) is 0 Å². The summed E-state index contributed by atoms with van der Waals surface area (Å²) in [6.45, 7) is 5.63. The van der Waals surface area contributed by atoms with Gasteiger partial charge in [-0.25, -0.2) is 0 Å². The Labute approximate surface area is 77.9 Å². The van der Waals surface area contributed by atoms with Crippen molar-refractivity contribution in [2.45, 2.75) is 27.2 Å². The van der Waals surface area contributed by atoms with Crippen LogP contribution < -0.4 is 5.43 Å². The van der Waals surface area contributed by atoms with Gasteiger partial charge in [0, 0.05) is 11.1 Å². The molecule has 1 heterocycles. The van der Waals surface area contributed by atoms with E-state index in [1.54, 1.807) is 6.92 Å². The van der Waals surface area contributed by atoms with E-state index in [9.17, 15) is 4.79 Å². The maximum Gasteiger partial charge on any atom is 0.191 e. The molecule has 0 saturated heterocycles. The Balaban J connectivity index is 3.38. The van der Waals surface area contributed by atoms with E-state index in [1.165, 1.54) is 6.26 Å². The van der Waals surface area contributed by atoms with Gasteiger partial charge in [-0.05, 0) is 26.3 Å². The molecule has 0 aromatic carbocycles. The van der Waals surface area contributed by atoms with Crippen LogP contribution in [-0.4, -0.2) is 0 Å². The van der Waals surface area contributed by atoms with Gasteiger partial charge in [0.15, 0.2) is 5.43 Å². The van der Waals surface area contributed by atoms with Crippen LogP contribution in [0.15, 0.2) is 21.6 Å². The normalized spacial score (nSPS) is 11.0. The van der Waals surface area contributed by atoms with E-state index in [4.69, 9.17) is 4.42 Å². The molecule has 0 N–H and O–H groups in total. The molecule has 0 atom stereocenters. The fraction of sp³-hybridized carbons (Fsp3) is 0.364. The summed E-state index contributed by atoms with van der Waals surface area (Å²) in [5.74, 6) is 0.681. The van der Waals surface area contributed by atoms with E-state index in [0.717, 1.165) is 5.56 Å². The predicted molar refractivity (Wildman–Crippen MR) is 53.8 cm³/mol. The van der Waals surface area contributed by atoms with E-state index in [0.29, 0.717) is 17.7 Å². The van der Waals surface area contributed by atoms with Gasteiger partial charge < -0.3 is 4.42 Å². The number of hydrogen-bond donors (Lipinski definition) is 0. The molecule has 0 fully saturated rings. The summed E-state index contributed by atoms with van der Waals surface area (Å²) >= 11 is 0. The van der Waals surface area contributed by atoms with Gasteiger partial charge in [0.05, 0.1) is 6.26 Å². The van der Waals surface area contributed by atoms with Crippen LogP contribution in [0.1, 0.15) is 30.7 Å². The van der Waals surface area contributed by atoms with E-state index < -0.39 is 0 Å². The first kappa shape index (κ1) is 9.78. The molecule has 0 unspecified atom stereocenters. The maximum atomic E-state index is 11.6. The molecule has 2 nitrogen and oxygen atoms in total. The van der Waals surface area contributed by atoms with Crippen LogP contribution in [-0.2, 0) is 6.42 Å². The van der Waals surface area contributed by atoms with Crippen LogP contribution in [0.4, 0.5) is 0 Å². The van der Waals surface area contributed by atoms with Gasteiger partial charge in [0.2, 0.25) is 0 Å². The summed E-state index contributed by atoms with van der Waals surface area (Å²) in [5, 5.41) is 0. The second kappa shape index (κ2) is 4.08. The van der Waals surface area contributed by atoms with Gasteiger partial charge >= 0.3 is 0 Å². The van der Waals surface area contributed by atoms with Gasteiger partial charge in [0.25, 0.3) is 0 Å². The fourth-order valence-electron chi connectivity index (χ4n) is 1.25. The highest BCUT2D eigenvalue weighted by Gasteiger charge is 2.06. The van der Waals surface area contributed by atoms with Crippen LogP contribution >= 0.6 is 0 Å². The van der Waals surface area contributed by atoms with Crippen LogP contribution in [0.5, 0.6) is 0 Å². The predicted octanol–water partition coefficient (Wildman–Crippen LogP) is 2.54. The van der Waals surface area contributed by atoms with Gasteiger partial charge in [-0.3, -0.25) is 4.79 Å². The third-order valence-corrected chi connectivity index (χ3v) is 1.96. The zero-order valence-electron chi connectivity index (χ0n) is 8.26. The van der Waals surface area contributed by atoms with Gasteiger partial charge in [-0.15, -0.1) is 0 Å². The summed E-state index contributed by atoms with van der Waals surface area (Å²) in [6, 6.07) is 0. The lowest BCUT2D eigenvalue weighted by Gasteiger charge is -2.01. The largest absolute Gasteiger partial charge is 0.464 e. The molecule has 1 aromatic heterocycles. The molecule has 1 rings (SSSR count). The Morgan fingerprint density at radius 1 is 1.54 bits per heavy atom. The molecule has 0 saturated carbocycles. The molecule has 0 amide bonds. The highest BCUT2D eigenvalue weighted by molar-refractivity contribution is 5.47. The van der Waals surface area contributed by atoms with Gasteiger partial charge in [-0.1, -0.05) is 13.0 Å². The minimum atomic E-state index is 0.0989. The third-order valence-electron chi connectivity index (χ3n) is 1.96. The zero-order chi connectivity index (χ0) is 9.84. The second-order valence-electron chi connectivity index (χ2n) is 2.94. The van der Waals surface area contributed by atoms with E-state index in [1.807, 2.05) is 26.0 Å². The summed E-state index contributed by atoms with van der Waals surface area (Å²) in [7, 11) is 0. The van der Waals surface area contributed by atoms with Crippen LogP contribution in [0.25, 0.3) is 6.08 Å². The maximum absolute atomic E-state index is 11.6. The van der Waals surface area contributed by atoms with Crippen molar-refractivity contribution in [1.29, 1.82) is 0 Å². The first-order valence-corrected chi connectivity index (χ1v) is 4.44. The van der Waals surface area contributed by atoms with Crippen molar-refractivity contribution in [3.63, 3.8) is 0 Å². The van der Waals surface area contributed by atoms with Crippen molar-refractivity contribution in [3.05, 3.63) is 39.4 Å². The molecule has 2 heteroatoms. The monoisotopic (exact) mass is 178 g/mol. The molecule has 1 aromatic rings. The molecule has 0 spiro atoms. The lowest BCUT2D eigenvalue weighted by molar-refractivity contribution is 0.525. The van der Waals surface area contributed by atoms with Crippen molar-refractivity contribution >= 4 is 6.08 Å². The summed E-state index contributed by atoms with van der Waals surface area (Å²) in [4.78, 5) is 11.6. The van der Waals surface area contributed by atoms with Crippen LogP contribution in [0.3, 0.4) is 0 Å². The number of allylic oxidation sites excluding steroid dienone is 1. The quantitative estimate of drug-likeness (QED) is 0.696. The fourth-order valence-corrected chi connectivity index (χ4v) is 1.25. The lowest BCUT2D eigenvalue weighted by atomic mass is 10.1. The minimum Gasteiger partial charge on any atom is -0.464 e. The van der Waals surface area contributed by atoms with E-state index >= 15 is 0 Å². The Bertz CT molecular complexity index is 372. The van der Waals surface area contributed by atoms with Crippen molar-refractivity contribution in [2.24, 2.45) is 0 Å². The van der Waals surface area contributed by atoms with Gasteiger partial charge in [0.1, 0.15) is 5.76 Å². The average molecular weight is 178 g/mol. The highest BCUT2D eigenvalue weighted by Crippen LogP contribution is 2.08. The standard InChI is InChI=1S/C11H14O2/c1-4-6-10-9(5-2)11(12)8(3)7-13-10/h4,6-7H,5H2,1-3H3. The summed E-state index contributed by atoms with van der Waals surface area (Å²) in [5.41, 5.74) is 1.53. The molecule has 0 aliphatic rings. The molecular weight excluding hydrogens is 164 g/mol. The highest BCUT2D eigenvalue weighted by atomic mass is 16.3. The molecule has 0 radical (unpaired) electrons. The number of aryl methyl sites for hydroxylation is 1. The SMILES string of the molecule is CC=Cc1occ(C)c(=O)c1CC. The molecular formula is C11H14O2. The van der Waals surface area contributed by atoms with Crippen molar-refractivity contribution in [1.82, 2.24) is 0 Å². The smallest absolute Gasteiger partial charge is 0.191 e. The Morgan fingerprint density at radius 3 is 2.77 bits per heavy atom. The summed E-state index contributed by atoms with van der Waals surface area (Å²) < 4.78 is 5.31. The van der Waals surface area contributed by atoms with Crippen LogP contribution in [0, 0.1) is 6.92 Å².